The van der Waals surface area contributed by atoms with E-state index in [-0.39, 0.29) is 6.04 Å². The molecule has 96 valence electrons. The molecule has 0 saturated heterocycles. The van der Waals surface area contributed by atoms with Crippen molar-refractivity contribution in [1.82, 2.24) is 9.97 Å². The molecule has 0 spiro atoms. The standard InChI is InChI=1S/C15H14IN3/c16-11-6-7-13-14(9-11)19-15(18-13)12(17)8-10-4-2-1-3-5-10/h1-7,9,12H,8,17H2,(H,18,19). The fourth-order valence-corrected chi connectivity index (χ4v) is 2.63. The number of nitrogens with zero attached hydrogens (tertiary/aromatic N) is 1. The molecule has 0 aliphatic rings. The molecule has 0 amide bonds. The quantitative estimate of drug-likeness (QED) is 0.701. The molecule has 1 aromatic heterocycles. The van der Waals surface area contributed by atoms with Crippen molar-refractivity contribution in [2.75, 3.05) is 0 Å². The van der Waals surface area contributed by atoms with E-state index in [9.17, 15) is 0 Å². The molecule has 0 bridgehead atoms. The minimum Gasteiger partial charge on any atom is -0.341 e. The van der Waals surface area contributed by atoms with E-state index in [0.29, 0.717) is 0 Å². The van der Waals surface area contributed by atoms with E-state index in [0.717, 1.165) is 23.3 Å². The summed E-state index contributed by atoms with van der Waals surface area (Å²) < 4.78 is 1.19. The summed E-state index contributed by atoms with van der Waals surface area (Å²) in [5.41, 5.74) is 9.48. The fraction of sp³-hybridized carbons (Fsp3) is 0.133. The predicted octanol–water partition coefficient (Wildman–Crippen LogP) is 3.41. The lowest BCUT2D eigenvalue weighted by Crippen LogP contribution is -2.14. The summed E-state index contributed by atoms with van der Waals surface area (Å²) in [6.07, 6.45) is 0.789. The molecule has 3 rings (SSSR count). The molecule has 4 heteroatoms. The Morgan fingerprint density at radius 3 is 2.74 bits per heavy atom. The van der Waals surface area contributed by atoms with Crippen molar-refractivity contribution < 1.29 is 0 Å². The lowest BCUT2D eigenvalue weighted by atomic mass is 10.1. The molecule has 0 saturated carbocycles. The summed E-state index contributed by atoms with van der Waals surface area (Å²) >= 11 is 2.29. The SMILES string of the molecule is NC(Cc1ccccc1)c1nc2ccc(I)cc2[nH]1. The summed E-state index contributed by atoms with van der Waals surface area (Å²) in [5.74, 6) is 0.848. The second kappa shape index (κ2) is 5.30. The Hall–Kier alpha value is -1.40. The van der Waals surface area contributed by atoms with Crippen LogP contribution in [0.3, 0.4) is 0 Å². The summed E-state index contributed by atoms with van der Waals surface area (Å²) in [4.78, 5) is 7.88. The van der Waals surface area contributed by atoms with E-state index in [2.05, 4.69) is 56.8 Å². The molecule has 19 heavy (non-hydrogen) atoms. The molecular weight excluding hydrogens is 349 g/mol. The van der Waals surface area contributed by atoms with Crippen LogP contribution in [0.5, 0.6) is 0 Å². The molecule has 2 aromatic carbocycles. The molecule has 0 radical (unpaired) electrons. The van der Waals surface area contributed by atoms with Crippen molar-refractivity contribution in [2.45, 2.75) is 12.5 Å². The third-order valence-electron chi connectivity index (χ3n) is 3.11. The van der Waals surface area contributed by atoms with Gasteiger partial charge in [0.1, 0.15) is 5.82 Å². The first kappa shape index (κ1) is 12.6. The van der Waals surface area contributed by atoms with Gasteiger partial charge in [-0.15, -0.1) is 0 Å². The maximum absolute atomic E-state index is 6.23. The van der Waals surface area contributed by atoms with Crippen molar-refractivity contribution in [1.29, 1.82) is 0 Å². The van der Waals surface area contributed by atoms with Gasteiger partial charge in [-0.25, -0.2) is 4.98 Å². The Bertz CT molecular complexity index is 691. The number of H-pyrrole nitrogens is 1. The first-order chi connectivity index (χ1) is 9.22. The van der Waals surface area contributed by atoms with E-state index in [1.54, 1.807) is 0 Å². The highest BCUT2D eigenvalue weighted by Crippen LogP contribution is 2.19. The van der Waals surface area contributed by atoms with E-state index in [1.165, 1.54) is 9.13 Å². The van der Waals surface area contributed by atoms with Crippen LogP contribution in [0.15, 0.2) is 48.5 Å². The average Bonchev–Trinajstić information content (AvgIpc) is 2.83. The molecular formula is C15H14IN3. The van der Waals surface area contributed by atoms with Crippen LogP contribution < -0.4 is 5.73 Å². The fourth-order valence-electron chi connectivity index (χ4n) is 2.14. The van der Waals surface area contributed by atoms with Crippen LogP contribution in [0.2, 0.25) is 0 Å². The van der Waals surface area contributed by atoms with E-state index < -0.39 is 0 Å². The first-order valence-electron chi connectivity index (χ1n) is 6.17. The summed E-state index contributed by atoms with van der Waals surface area (Å²) in [5, 5.41) is 0. The van der Waals surface area contributed by atoms with Gasteiger partial charge in [0.2, 0.25) is 0 Å². The third-order valence-corrected chi connectivity index (χ3v) is 3.78. The van der Waals surface area contributed by atoms with E-state index in [1.807, 2.05) is 24.3 Å². The number of fused-ring (bicyclic) bond motifs is 1. The van der Waals surface area contributed by atoms with Gasteiger partial charge in [0.25, 0.3) is 0 Å². The van der Waals surface area contributed by atoms with Crippen molar-refractivity contribution >= 4 is 33.6 Å². The van der Waals surface area contributed by atoms with Gasteiger partial charge in [0, 0.05) is 3.57 Å². The summed E-state index contributed by atoms with van der Waals surface area (Å²) in [7, 11) is 0. The minimum absolute atomic E-state index is 0.104. The monoisotopic (exact) mass is 363 g/mol. The van der Waals surface area contributed by atoms with Crippen LogP contribution in [-0.2, 0) is 6.42 Å². The second-order valence-corrected chi connectivity index (χ2v) is 5.83. The largest absolute Gasteiger partial charge is 0.341 e. The number of hydrogen-bond acceptors (Lipinski definition) is 2. The van der Waals surface area contributed by atoms with Crippen LogP contribution in [0.4, 0.5) is 0 Å². The third kappa shape index (κ3) is 2.79. The highest BCUT2D eigenvalue weighted by Gasteiger charge is 2.12. The van der Waals surface area contributed by atoms with Crippen LogP contribution in [0, 0.1) is 3.57 Å². The molecule has 3 N–H and O–H groups in total. The van der Waals surface area contributed by atoms with Crippen molar-refractivity contribution in [3.05, 3.63) is 63.5 Å². The Labute approximate surface area is 125 Å². The number of rotatable bonds is 3. The predicted molar refractivity (Wildman–Crippen MR) is 85.9 cm³/mol. The Morgan fingerprint density at radius 1 is 1.16 bits per heavy atom. The number of hydrogen-bond donors (Lipinski definition) is 2. The van der Waals surface area contributed by atoms with Crippen molar-refractivity contribution in [3.63, 3.8) is 0 Å². The van der Waals surface area contributed by atoms with Gasteiger partial charge in [-0.05, 0) is 52.8 Å². The van der Waals surface area contributed by atoms with Gasteiger partial charge in [0.15, 0.2) is 0 Å². The lowest BCUT2D eigenvalue weighted by Gasteiger charge is -2.08. The molecule has 3 nitrogen and oxygen atoms in total. The summed E-state index contributed by atoms with van der Waals surface area (Å²) in [6.45, 7) is 0. The maximum atomic E-state index is 6.23. The Morgan fingerprint density at radius 2 is 1.95 bits per heavy atom. The van der Waals surface area contributed by atoms with Crippen LogP contribution in [0.1, 0.15) is 17.4 Å². The van der Waals surface area contributed by atoms with Crippen LogP contribution >= 0.6 is 22.6 Å². The molecule has 0 aliphatic carbocycles. The lowest BCUT2D eigenvalue weighted by molar-refractivity contribution is 0.680. The Kier molecular flexibility index (Phi) is 3.52. The zero-order valence-corrected chi connectivity index (χ0v) is 12.5. The number of imidazole rings is 1. The average molecular weight is 363 g/mol. The van der Waals surface area contributed by atoms with E-state index in [4.69, 9.17) is 5.73 Å². The molecule has 1 unspecified atom stereocenters. The number of aromatic amines is 1. The van der Waals surface area contributed by atoms with E-state index >= 15 is 0 Å². The van der Waals surface area contributed by atoms with Gasteiger partial charge >= 0.3 is 0 Å². The van der Waals surface area contributed by atoms with Crippen molar-refractivity contribution in [3.8, 4) is 0 Å². The van der Waals surface area contributed by atoms with Gasteiger partial charge in [-0.2, -0.15) is 0 Å². The number of halogens is 1. The molecule has 1 heterocycles. The smallest absolute Gasteiger partial charge is 0.124 e. The summed E-state index contributed by atoms with van der Waals surface area (Å²) in [6, 6.07) is 16.3. The van der Waals surface area contributed by atoms with Gasteiger partial charge in [-0.1, -0.05) is 30.3 Å². The van der Waals surface area contributed by atoms with Crippen LogP contribution in [0.25, 0.3) is 11.0 Å². The zero-order valence-electron chi connectivity index (χ0n) is 10.3. The maximum Gasteiger partial charge on any atom is 0.124 e. The minimum atomic E-state index is -0.104. The van der Waals surface area contributed by atoms with Crippen LogP contribution in [-0.4, -0.2) is 9.97 Å². The molecule has 3 aromatic rings. The number of aromatic nitrogens is 2. The van der Waals surface area contributed by atoms with Gasteiger partial charge in [0.05, 0.1) is 17.1 Å². The van der Waals surface area contributed by atoms with Gasteiger partial charge < -0.3 is 10.7 Å². The molecule has 1 atom stereocenters. The normalized spacial score (nSPS) is 12.7. The topological polar surface area (TPSA) is 54.7 Å². The first-order valence-corrected chi connectivity index (χ1v) is 7.25. The van der Waals surface area contributed by atoms with Crippen molar-refractivity contribution in [2.24, 2.45) is 5.73 Å². The van der Waals surface area contributed by atoms with Gasteiger partial charge in [-0.3, -0.25) is 0 Å². The number of benzene rings is 2. The molecule has 0 aliphatic heterocycles. The Balaban J connectivity index is 1.87. The zero-order chi connectivity index (χ0) is 13.2. The number of nitrogens with two attached hydrogens (primary N) is 1. The highest BCUT2D eigenvalue weighted by molar-refractivity contribution is 14.1. The number of nitrogens with one attached hydrogen (secondary N) is 1. The molecule has 0 fully saturated rings. The second-order valence-electron chi connectivity index (χ2n) is 4.58. The highest BCUT2D eigenvalue weighted by atomic mass is 127.